The highest BCUT2D eigenvalue weighted by Gasteiger charge is 2.16. The first-order valence-corrected chi connectivity index (χ1v) is 6.81. The minimum atomic E-state index is -0.333. The molecular weight excluding hydrogens is 245 g/mol. The number of ether oxygens (including phenoxy) is 2. The van der Waals surface area contributed by atoms with E-state index >= 15 is 0 Å². The van der Waals surface area contributed by atoms with Gasteiger partial charge in [0.05, 0.1) is 14.2 Å². The van der Waals surface area contributed by atoms with E-state index in [9.17, 15) is 4.39 Å². The molecule has 1 atom stereocenters. The maximum atomic E-state index is 14.0. The van der Waals surface area contributed by atoms with Gasteiger partial charge in [-0.15, -0.1) is 0 Å². The molecule has 0 spiro atoms. The lowest BCUT2D eigenvalue weighted by Crippen LogP contribution is -2.12. The molecule has 1 rings (SSSR count). The van der Waals surface area contributed by atoms with E-state index in [-0.39, 0.29) is 11.9 Å². The topological polar surface area (TPSA) is 44.5 Å². The predicted molar refractivity (Wildman–Crippen MR) is 75.2 cm³/mol. The van der Waals surface area contributed by atoms with Gasteiger partial charge in [0.15, 0.2) is 11.5 Å². The third-order valence-corrected chi connectivity index (χ3v) is 3.27. The SMILES string of the molecule is CCCCCCC(N)c1cc(OC)c(OC)cc1F. The van der Waals surface area contributed by atoms with Crippen LogP contribution in [0.3, 0.4) is 0 Å². The van der Waals surface area contributed by atoms with Crippen LogP contribution in [0.1, 0.15) is 50.6 Å². The average molecular weight is 269 g/mol. The fourth-order valence-electron chi connectivity index (χ4n) is 2.10. The summed E-state index contributed by atoms with van der Waals surface area (Å²) in [5.41, 5.74) is 6.55. The summed E-state index contributed by atoms with van der Waals surface area (Å²) in [5.74, 6) is 0.575. The van der Waals surface area contributed by atoms with Gasteiger partial charge in [0, 0.05) is 17.7 Å². The first-order valence-electron chi connectivity index (χ1n) is 6.81. The highest BCUT2D eigenvalue weighted by Crippen LogP contribution is 2.33. The molecule has 4 heteroatoms. The second-order valence-corrected chi connectivity index (χ2v) is 4.68. The van der Waals surface area contributed by atoms with Crippen LogP contribution in [0.25, 0.3) is 0 Å². The molecule has 108 valence electrons. The fourth-order valence-corrected chi connectivity index (χ4v) is 2.10. The lowest BCUT2D eigenvalue weighted by Gasteiger charge is -2.16. The minimum absolute atomic E-state index is 0.295. The summed E-state index contributed by atoms with van der Waals surface area (Å²) < 4.78 is 24.2. The molecule has 0 aliphatic heterocycles. The second-order valence-electron chi connectivity index (χ2n) is 4.68. The zero-order chi connectivity index (χ0) is 14.3. The van der Waals surface area contributed by atoms with Gasteiger partial charge in [0.1, 0.15) is 5.82 Å². The number of rotatable bonds is 8. The Hall–Kier alpha value is -1.29. The second kappa shape index (κ2) is 8.00. The summed E-state index contributed by atoms with van der Waals surface area (Å²) in [6.07, 6.45) is 5.31. The van der Waals surface area contributed by atoms with Crippen LogP contribution < -0.4 is 15.2 Å². The summed E-state index contributed by atoms with van der Waals surface area (Å²) in [7, 11) is 3.02. The third-order valence-electron chi connectivity index (χ3n) is 3.27. The smallest absolute Gasteiger partial charge is 0.163 e. The van der Waals surface area contributed by atoms with E-state index in [1.165, 1.54) is 33.1 Å². The number of benzene rings is 1. The highest BCUT2D eigenvalue weighted by molar-refractivity contribution is 5.44. The van der Waals surface area contributed by atoms with Crippen LogP contribution in [0.5, 0.6) is 11.5 Å². The molecule has 0 aromatic heterocycles. The zero-order valence-electron chi connectivity index (χ0n) is 12.0. The lowest BCUT2D eigenvalue weighted by molar-refractivity contribution is 0.350. The van der Waals surface area contributed by atoms with Gasteiger partial charge in [-0.05, 0) is 12.5 Å². The molecule has 3 nitrogen and oxygen atoms in total. The number of unbranched alkanes of at least 4 members (excludes halogenated alkanes) is 3. The van der Waals surface area contributed by atoms with Crippen LogP contribution in [0.2, 0.25) is 0 Å². The molecule has 1 unspecified atom stereocenters. The van der Waals surface area contributed by atoms with Gasteiger partial charge in [-0.3, -0.25) is 0 Å². The van der Waals surface area contributed by atoms with Crippen molar-refractivity contribution in [2.75, 3.05) is 14.2 Å². The number of methoxy groups -OCH3 is 2. The van der Waals surface area contributed by atoms with E-state index < -0.39 is 0 Å². The van der Waals surface area contributed by atoms with Gasteiger partial charge in [-0.25, -0.2) is 4.39 Å². The fraction of sp³-hybridized carbons (Fsp3) is 0.600. The molecule has 0 fully saturated rings. The van der Waals surface area contributed by atoms with Gasteiger partial charge in [0.25, 0.3) is 0 Å². The Bertz CT molecular complexity index is 396. The Morgan fingerprint density at radius 1 is 1.11 bits per heavy atom. The van der Waals surface area contributed by atoms with Gasteiger partial charge >= 0.3 is 0 Å². The van der Waals surface area contributed by atoms with Crippen molar-refractivity contribution in [2.45, 2.75) is 45.1 Å². The van der Waals surface area contributed by atoms with E-state index in [0.717, 1.165) is 19.3 Å². The Morgan fingerprint density at radius 3 is 2.32 bits per heavy atom. The predicted octanol–water partition coefficient (Wildman–Crippen LogP) is 3.81. The van der Waals surface area contributed by atoms with Crippen LogP contribution in [-0.2, 0) is 0 Å². The maximum Gasteiger partial charge on any atom is 0.163 e. The van der Waals surface area contributed by atoms with Crippen molar-refractivity contribution in [2.24, 2.45) is 5.73 Å². The van der Waals surface area contributed by atoms with E-state index in [2.05, 4.69) is 6.92 Å². The monoisotopic (exact) mass is 269 g/mol. The first-order chi connectivity index (χ1) is 9.13. The van der Waals surface area contributed by atoms with E-state index in [4.69, 9.17) is 15.2 Å². The molecule has 0 amide bonds. The summed E-state index contributed by atoms with van der Waals surface area (Å²) in [5, 5.41) is 0. The number of nitrogens with two attached hydrogens (primary N) is 1. The Balaban J connectivity index is 2.76. The van der Waals surface area contributed by atoms with Crippen molar-refractivity contribution in [3.05, 3.63) is 23.5 Å². The number of halogens is 1. The standard InChI is InChI=1S/C15H24FNO2/c1-4-5-6-7-8-13(17)11-9-14(18-2)15(19-3)10-12(11)16/h9-10,13H,4-8,17H2,1-3H3. The molecule has 1 aromatic rings. The van der Waals surface area contributed by atoms with Crippen LogP contribution in [0.15, 0.2) is 12.1 Å². The lowest BCUT2D eigenvalue weighted by atomic mass is 10.00. The number of hydrogen-bond acceptors (Lipinski definition) is 3. The zero-order valence-corrected chi connectivity index (χ0v) is 12.0. The maximum absolute atomic E-state index is 14.0. The van der Waals surface area contributed by atoms with Crippen LogP contribution in [0, 0.1) is 5.82 Å². The summed E-state index contributed by atoms with van der Waals surface area (Å²) in [6.45, 7) is 2.16. The molecule has 0 aliphatic rings. The Kier molecular flexibility index (Phi) is 6.64. The van der Waals surface area contributed by atoms with Gasteiger partial charge in [-0.2, -0.15) is 0 Å². The van der Waals surface area contributed by atoms with Crippen molar-refractivity contribution in [3.8, 4) is 11.5 Å². The minimum Gasteiger partial charge on any atom is -0.493 e. The van der Waals surface area contributed by atoms with E-state index in [0.29, 0.717) is 17.1 Å². The van der Waals surface area contributed by atoms with Crippen LogP contribution in [-0.4, -0.2) is 14.2 Å². The normalized spacial score (nSPS) is 12.3. The largest absolute Gasteiger partial charge is 0.493 e. The molecule has 2 N–H and O–H groups in total. The first kappa shape index (κ1) is 15.8. The summed E-state index contributed by atoms with van der Waals surface area (Å²) in [4.78, 5) is 0. The van der Waals surface area contributed by atoms with Gasteiger partial charge < -0.3 is 15.2 Å². The van der Waals surface area contributed by atoms with Crippen molar-refractivity contribution < 1.29 is 13.9 Å². The van der Waals surface area contributed by atoms with Crippen LogP contribution in [0.4, 0.5) is 4.39 Å². The molecule has 0 bridgehead atoms. The van der Waals surface area contributed by atoms with Crippen molar-refractivity contribution in [3.63, 3.8) is 0 Å². The van der Waals surface area contributed by atoms with E-state index in [1.54, 1.807) is 6.07 Å². The van der Waals surface area contributed by atoms with Crippen LogP contribution >= 0.6 is 0 Å². The molecule has 0 saturated heterocycles. The average Bonchev–Trinajstić information content (AvgIpc) is 2.42. The highest BCUT2D eigenvalue weighted by atomic mass is 19.1. The Labute approximate surface area is 114 Å². The van der Waals surface area contributed by atoms with Crippen molar-refractivity contribution in [1.29, 1.82) is 0 Å². The molecule has 19 heavy (non-hydrogen) atoms. The molecule has 0 radical (unpaired) electrons. The third kappa shape index (κ3) is 4.39. The molecule has 1 aromatic carbocycles. The Morgan fingerprint density at radius 2 is 1.74 bits per heavy atom. The van der Waals surface area contributed by atoms with E-state index in [1.807, 2.05) is 0 Å². The van der Waals surface area contributed by atoms with Gasteiger partial charge in [-0.1, -0.05) is 32.6 Å². The molecule has 0 aliphatic carbocycles. The number of hydrogen-bond donors (Lipinski definition) is 1. The van der Waals surface area contributed by atoms with Gasteiger partial charge in [0.2, 0.25) is 0 Å². The molecular formula is C15H24FNO2. The van der Waals surface area contributed by atoms with Crippen molar-refractivity contribution in [1.82, 2.24) is 0 Å². The quantitative estimate of drug-likeness (QED) is 0.730. The molecule has 0 heterocycles. The summed E-state index contributed by atoms with van der Waals surface area (Å²) >= 11 is 0. The summed E-state index contributed by atoms with van der Waals surface area (Å²) in [6, 6.07) is 2.68. The van der Waals surface area contributed by atoms with Crippen molar-refractivity contribution >= 4 is 0 Å². The molecule has 0 saturated carbocycles.